The lowest BCUT2D eigenvalue weighted by molar-refractivity contribution is -0.120. The van der Waals surface area contributed by atoms with E-state index in [0.717, 1.165) is 23.3 Å². The SMILES string of the molecule is COc1ccc(-c2n[nH]c(CNC(=O)Cc3ccc(CC(C)C)cc3)n2)cc1. The van der Waals surface area contributed by atoms with Crippen LogP contribution in [0.25, 0.3) is 11.4 Å². The number of methoxy groups -OCH3 is 1. The highest BCUT2D eigenvalue weighted by Gasteiger charge is 2.09. The Hall–Kier alpha value is -3.15. The third-order valence-electron chi connectivity index (χ3n) is 4.36. The molecule has 1 aromatic heterocycles. The predicted octanol–water partition coefficient (Wildman–Crippen LogP) is 3.54. The number of aromatic amines is 1. The number of amides is 1. The maximum Gasteiger partial charge on any atom is 0.224 e. The summed E-state index contributed by atoms with van der Waals surface area (Å²) in [6.45, 7) is 4.71. The minimum atomic E-state index is -0.0426. The van der Waals surface area contributed by atoms with Crippen molar-refractivity contribution in [2.24, 2.45) is 5.92 Å². The van der Waals surface area contributed by atoms with Crippen LogP contribution >= 0.6 is 0 Å². The van der Waals surface area contributed by atoms with Crippen LogP contribution < -0.4 is 10.1 Å². The van der Waals surface area contributed by atoms with Crippen LogP contribution in [0.4, 0.5) is 0 Å². The van der Waals surface area contributed by atoms with Crippen LogP contribution in [-0.4, -0.2) is 28.2 Å². The Kier molecular flexibility index (Phi) is 6.42. The second-order valence-electron chi connectivity index (χ2n) is 7.20. The molecule has 0 bridgehead atoms. The predicted molar refractivity (Wildman–Crippen MR) is 109 cm³/mol. The van der Waals surface area contributed by atoms with Gasteiger partial charge in [0.1, 0.15) is 11.6 Å². The molecule has 1 heterocycles. The van der Waals surface area contributed by atoms with Gasteiger partial charge in [-0.3, -0.25) is 9.89 Å². The van der Waals surface area contributed by atoms with Gasteiger partial charge < -0.3 is 10.1 Å². The number of aromatic nitrogens is 3. The standard InChI is InChI=1S/C22H26N4O2/c1-15(2)12-16-4-6-17(7-5-16)13-21(27)23-14-20-24-22(26-25-20)18-8-10-19(28-3)11-9-18/h4-11,15H,12-14H2,1-3H3,(H,23,27)(H,24,25,26). The number of nitrogens with one attached hydrogen (secondary N) is 2. The van der Waals surface area contributed by atoms with Gasteiger partial charge in [-0.15, -0.1) is 0 Å². The number of benzene rings is 2. The highest BCUT2D eigenvalue weighted by molar-refractivity contribution is 5.78. The first-order valence-corrected chi connectivity index (χ1v) is 9.43. The minimum Gasteiger partial charge on any atom is -0.497 e. The van der Waals surface area contributed by atoms with Crippen molar-refractivity contribution in [2.75, 3.05) is 7.11 Å². The first-order valence-electron chi connectivity index (χ1n) is 9.43. The first-order chi connectivity index (χ1) is 13.5. The molecule has 0 aliphatic carbocycles. The van der Waals surface area contributed by atoms with Gasteiger partial charge in [-0.05, 0) is 47.7 Å². The molecule has 6 nitrogen and oxygen atoms in total. The average Bonchev–Trinajstić information content (AvgIpc) is 3.17. The quantitative estimate of drug-likeness (QED) is 0.628. The Morgan fingerprint density at radius 1 is 1.07 bits per heavy atom. The van der Waals surface area contributed by atoms with Crippen molar-refractivity contribution >= 4 is 5.91 Å². The van der Waals surface area contributed by atoms with Crippen LogP contribution in [0, 0.1) is 5.92 Å². The zero-order valence-corrected chi connectivity index (χ0v) is 16.5. The summed E-state index contributed by atoms with van der Waals surface area (Å²) in [6, 6.07) is 15.8. The van der Waals surface area contributed by atoms with E-state index in [-0.39, 0.29) is 5.91 Å². The summed E-state index contributed by atoms with van der Waals surface area (Å²) in [4.78, 5) is 16.6. The fourth-order valence-electron chi connectivity index (χ4n) is 2.94. The van der Waals surface area contributed by atoms with E-state index >= 15 is 0 Å². The van der Waals surface area contributed by atoms with Crippen LogP contribution in [-0.2, 0) is 24.2 Å². The lowest BCUT2D eigenvalue weighted by atomic mass is 10.0. The van der Waals surface area contributed by atoms with E-state index in [1.54, 1.807) is 7.11 Å². The smallest absolute Gasteiger partial charge is 0.224 e. The molecule has 2 N–H and O–H groups in total. The van der Waals surface area contributed by atoms with E-state index in [9.17, 15) is 4.79 Å². The minimum absolute atomic E-state index is 0.0426. The van der Waals surface area contributed by atoms with Gasteiger partial charge in [0, 0.05) is 5.56 Å². The summed E-state index contributed by atoms with van der Waals surface area (Å²) < 4.78 is 5.15. The fourth-order valence-corrected chi connectivity index (χ4v) is 2.94. The molecule has 0 radical (unpaired) electrons. The van der Waals surface area contributed by atoms with Gasteiger partial charge in [0.2, 0.25) is 5.91 Å². The monoisotopic (exact) mass is 378 g/mol. The lowest BCUT2D eigenvalue weighted by Crippen LogP contribution is -2.25. The number of H-pyrrole nitrogens is 1. The molecule has 0 saturated heterocycles. The van der Waals surface area contributed by atoms with E-state index < -0.39 is 0 Å². The molecule has 6 heteroatoms. The number of rotatable bonds is 8. The van der Waals surface area contributed by atoms with Gasteiger partial charge >= 0.3 is 0 Å². The van der Waals surface area contributed by atoms with Crippen molar-refractivity contribution in [3.05, 3.63) is 65.5 Å². The summed E-state index contributed by atoms with van der Waals surface area (Å²) in [5, 5.41) is 9.96. The summed E-state index contributed by atoms with van der Waals surface area (Å²) in [7, 11) is 1.63. The summed E-state index contributed by atoms with van der Waals surface area (Å²) in [5.41, 5.74) is 3.18. The highest BCUT2D eigenvalue weighted by atomic mass is 16.5. The number of hydrogen-bond donors (Lipinski definition) is 2. The largest absolute Gasteiger partial charge is 0.497 e. The molecular weight excluding hydrogens is 352 g/mol. The molecule has 0 fully saturated rings. The van der Waals surface area contributed by atoms with Crippen LogP contribution in [0.2, 0.25) is 0 Å². The number of nitrogens with zero attached hydrogens (tertiary/aromatic N) is 2. The number of hydrogen-bond acceptors (Lipinski definition) is 4. The van der Waals surface area contributed by atoms with Crippen LogP contribution in [0.5, 0.6) is 5.75 Å². The molecule has 0 saturated carbocycles. The van der Waals surface area contributed by atoms with Crippen molar-refractivity contribution in [1.29, 1.82) is 0 Å². The molecule has 0 aliphatic rings. The zero-order chi connectivity index (χ0) is 19.9. The Morgan fingerprint density at radius 2 is 1.75 bits per heavy atom. The number of carbonyl (C=O) groups excluding carboxylic acids is 1. The Labute approximate surface area is 165 Å². The Balaban J connectivity index is 1.51. The average molecular weight is 378 g/mol. The maximum absolute atomic E-state index is 12.2. The van der Waals surface area contributed by atoms with Gasteiger partial charge in [-0.2, -0.15) is 5.10 Å². The van der Waals surface area contributed by atoms with Gasteiger partial charge in [0.15, 0.2) is 5.82 Å². The Morgan fingerprint density at radius 3 is 2.39 bits per heavy atom. The van der Waals surface area contributed by atoms with Crippen molar-refractivity contribution in [3.63, 3.8) is 0 Å². The second-order valence-corrected chi connectivity index (χ2v) is 7.20. The van der Waals surface area contributed by atoms with Gasteiger partial charge in [-0.25, -0.2) is 4.98 Å². The van der Waals surface area contributed by atoms with Crippen molar-refractivity contribution < 1.29 is 9.53 Å². The van der Waals surface area contributed by atoms with Crippen LogP contribution in [0.3, 0.4) is 0 Å². The summed E-state index contributed by atoms with van der Waals surface area (Å²) in [6.07, 6.45) is 1.40. The summed E-state index contributed by atoms with van der Waals surface area (Å²) >= 11 is 0. The van der Waals surface area contributed by atoms with Gasteiger partial charge in [-0.1, -0.05) is 38.1 Å². The fraction of sp³-hybridized carbons (Fsp3) is 0.318. The van der Waals surface area contributed by atoms with Gasteiger partial charge in [0.25, 0.3) is 0 Å². The molecule has 1 amide bonds. The van der Waals surface area contributed by atoms with E-state index in [0.29, 0.717) is 30.5 Å². The van der Waals surface area contributed by atoms with E-state index in [4.69, 9.17) is 4.74 Å². The van der Waals surface area contributed by atoms with Gasteiger partial charge in [0.05, 0.1) is 20.1 Å². The molecule has 0 aliphatic heterocycles. The molecule has 2 aromatic carbocycles. The normalized spacial score (nSPS) is 10.9. The third kappa shape index (κ3) is 5.42. The lowest BCUT2D eigenvalue weighted by Gasteiger charge is -2.07. The van der Waals surface area contributed by atoms with E-state index in [1.807, 2.05) is 36.4 Å². The molecule has 3 aromatic rings. The number of ether oxygens (including phenoxy) is 1. The molecule has 28 heavy (non-hydrogen) atoms. The van der Waals surface area contributed by atoms with E-state index in [1.165, 1.54) is 5.56 Å². The molecule has 0 unspecified atom stereocenters. The van der Waals surface area contributed by atoms with Crippen LogP contribution in [0.1, 0.15) is 30.8 Å². The first kappa shape index (κ1) is 19.6. The zero-order valence-electron chi connectivity index (χ0n) is 16.5. The summed E-state index contributed by atoms with van der Waals surface area (Å²) in [5.74, 6) is 2.57. The molecule has 146 valence electrons. The molecular formula is C22H26N4O2. The van der Waals surface area contributed by atoms with Crippen molar-refractivity contribution in [3.8, 4) is 17.1 Å². The molecule has 0 spiro atoms. The topological polar surface area (TPSA) is 79.9 Å². The van der Waals surface area contributed by atoms with Crippen LogP contribution in [0.15, 0.2) is 48.5 Å². The molecule has 3 rings (SSSR count). The van der Waals surface area contributed by atoms with Crippen molar-refractivity contribution in [2.45, 2.75) is 33.2 Å². The Bertz CT molecular complexity index is 899. The second kappa shape index (κ2) is 9.17. The third-order valence-corrected chi connectivity index (χ3v) is 4.36. The van der Waals surface area contributed by atoms with E-state index in [2.05, 4.69) is 46.5 Å². The highest BCUT2D eigenvalue weighted by Crippen LogP contribution is 2.18. The molecule has 0 atom stereocenters. The number of carbonyl (C=O) groups is 1. The maximum atomic E-state index is 12.2. The van der Waals surface area contributed by atoms with Crippen molar-refractivity contribution in [1.82, 2.24) is 20.5 Å².